The van der Waals surface area contributed by atoms with Gasteiger partial charge in [-0.3, -0.25) is 44.9 Å². The predicted molar refractivity (Wildman–Crippen MR) is 450 cm³/mol. The second-order valence-electron chi connectivity index (χ2n) is 27.5. The fraction of sp³-hybridized carbons (Fsp3) is 0.212. The van der Waals surface area contributed by atoms with Gasteiger partial charge in [0.1, 0.15) is 68.8 Å². The maximum absolute atomic E-state index is 13.2. The zero-order chi connectivity index (χ0) is 83.6. The van der Waals surface area contributed by atoms with E-state index >= 15 is 0 Å². The Morgan fingerprint density at radius 2 is 1.00 bits per heavy atom. The summed E-state index contributed by atoms with van der Waals surface area (Å²) in [5, 5.41) is 48.1. The van der Waals surface area contributed by atoms with E-state index in [9.17, 15) is 32.3 Å². The molecule has 0 radical (unpaired) electrons. The zero-order valence-electron chi connectivity index (χ0n) is 64.6. The van der Waals surface area contributed by atoms with Gasteiger partial charge in [0.05, 0.1) is 62.2 Å². The van der Waals surface area contributed by atoms with Crippen LogP contribution in [-0.2, 0) is 32.1 Å². The van der Waals surface area contributed by atoms with E-state index in [2.05, 4.69) is 146 Å². The number of aromatic nitrogens is 23. The minimum Gasteiger partial charge on any atom is -0.453 e. The first-order chi connectivity index (χ1) is 57.4. The Balaban J connectivity index is 0.000000132. The fourth-order valence-corrected chi connectivity index (χ4v) is 14.6. The zero-order valence-corrected chi connectivity index (χ0v) is 69.0. The van der Waals surface area contributed by atoms with Gasteiger partial charge in [-0.2, -0.15) is 48.9 Å². The van der Waals surface area contributed by atoms with Crippen LogP contribution in [0.5, 0.6) is 0 Å². The molecule has 606 valence electrons. The number of carbonyl (C=O) groups is 4. The van der Waals surface area contributed by atoms with E-state index in [-0.39, 0.29) is 40.2 Å². The van der Waals surface area contributed by atoms with Gasteiger partial charge >= 0.3 is 11.6 Å². The Bertz CT molecular complexity index is 6140. The first-order valence-corrected chi connectivity index (χ1v) is 39.5. The van der Waals surface area contributed by atoms with Gasteiger partial charge in [-0.25, -0.2) is 58.4 Å². The van der Waals surface area contributed by atoms with E-state index in [4.69, 9.17) is 33.4 Å². The second kappa shape index (κ2) is 36.7. The minimum atomic E-state index is -4.46. The van der Waals surface area contributed by atoms with Crippen LogP contribution < -0.4 is 16.0 Å². The van der Waals surface area contributed by atoms with Gasteiger partial charge in [-0.05, 0) is 159 Å². The van der Waals surface area contributed by atoms with E-state index in [0.29, 0.717) is 85.4 Å². The number of alkyl halides is 3. The lowest BCUT2D eigenvalue weighted by Gasteiger charge is -2.15. The van der Waals surface area contributed by atoms with Gasteiger partial charge in [0, 0.05) is 140 Å². The van der Waals surface area contributed by atoms with E-state index < -0.39 is 11.6 Å². The van der Waals surface area contributed by atoms with Crippen LogP contribution in [0, 0.1) is 37.3 Å². The number of hydrogen-bond acceptors (Lipinski definition) is 22. The van der Waals surface area contributed by atoms with Crippen LogP contribution in [0.3, 0.4) is 0 Å². The Labute approximate surface area is 704 Å². The van der Waals surface area contributed by atoms with Crippen LogP contribution in [0.1, 0.15) is 73.0 Å². The normalized spacial score (nSPS) is 12.5. The number of ketones is 1. The van der Waals surface area contributed by atoms with Gasteiger partial charge < -0.3 is 20.4 Å². The van der Waals surface area contributed by atoms with Crippen molar-refractivity contribution in [3.8, 4) is 102 Å². The number of benzene rings is 3. The lowest BCUT2D eigenvalue weighted by Crippen LogP contribution is -2.18. The third-order valence-electron chi connectivity index (χ3n) is 18.7. The average Bonchev–Trinajstić information content (AvgIpc) is 1.65. The van der Waals surface area contributed by atoms with E-state index in [1.165, 1.54) is 75.2 Å². The molecule has 2 aliphatic rings. The molecule has 15 aromatic rings. The second-order valence-corrected chi connectivity index (χ2v) is 30.4. The summed E-state index contributed by atoms with van der Waals surface area (Å²) < 4.78 is 51.7. The highest BCUT2D eigenvalue weighted by Crippen LogP contribution is 2.44. The number of anilines is 3. The molecule has 39 heteroatoms. The molecule has 32 nitrogen and oxygen atoms in total. The van der Waals surface area contributed by atoms with Crippen molar-refractivity contribution in [3.05, 3.63) is 219 Å². The molecule has 1 aliphatic carbocycles. The standard InChI is InChI=1S/C24H25ClN8O2.C23H20ClN5O.C20H16F3N7OS.C13H12IN7O/c1-15-11-26-21(29-24(34)35-2)10-20(15)33-13-18(23-27-14-28-30-23)22(31-33)17-9-16(5-6-19(17)25)12-32-7-3-4-8-32;1-14-12-27-16(11-21(30)15-6-7-15)10-20(14)29-13-18(23-25-8-9-26-23)22(28-29)17-4-2-3-5-19(17)24;1-11-8-24-17(27-12(2)31)7-15(11)30-9-14(19-25-10-26-28-19)18(29-30)13-5-3-4-6-16(13)32-20(21,22)23;1-7-4-15-11(18-8(2)22)3-10(7)21-5-9(12(14)20-21)13-16-6-17-19-13/h5-6,9-11,13-14H,3-4,7-8,12H2,1-2H3,(H,26,29,34)(H,27,28,30);2-5,8-10,12-13,15H,6-7,11H2,1H3,(H,25,26);3-10H,1-2H3,(H,24,27,31)(H,25,26,28);3-6H,1-2H3,(H,15,18,22)(H,16,17,19). The molecule has 3 amide bonds. The van der Waals surface area contributed by atoms with E-state index in [1.54, 1.807) is 83.1 Å². The molecule has 3 aromatic carbocycles. The smallest absolute Gasteiger partial charge is 0.446 e. The van der Waals surface area contributed by atoms with Gasteiger partial charge in [-0.15, -0.1) is 0 Å². The van der Waals surface area contributed by atoms with Crippen LogP contribution in [0.4, 0.5) is 35.4 Å². The Morgan fingerprint density at radius 1 is 0.538 bits per heavy atom. The molecule has 12 aromatic heterocycles. The summed E-state index contributed by atoms with van der Waals surface area (Å²) in [5.74, 6) is 3.50. The molecule has 119 heavy (non-hydrogen) atoms. The predicted octanol–water partition coefficient (Wildman–Crippen LogP) is 15.8. The number of H-pyrrole nitrogens is 4. The highest BCUT2D eigenvalue weighted by atomic mass is 127. The number of rotatable bonds is 20. The molecule has 1 aliphatic heterocycles. The Kier molecular flexibility index (Phi) is 25.4. The molecule has 17 rings (SSSR count). The molecule has 0 bridgehead atoms. The lowest BCUT2D eigenvalue weighted by atomic mass is 10.0. The Morgan fingerprint density at radius 3 is 1.50 bits per heavy atom. The lowest BCUT2D eigenvalue weighted by molar-refractivity contribution is -0.119. The van der Waals surface area contributed by atoms with Crippen molar-refractivity contribution in [3.63, 3.8) is 0 Å². The number of amides is 3. The number of halogens is 6. The molecular weight excluding hydrogens is 1710 g/mol. The summed E-state index contributed by atoms with van der Waals surface area (Å²) >= 11 is 15.1. The average molecular weight is 1780 g/mol. The highest BCUT2D eigenvalue weighted by Gasteiger charge is 2.33. The van der Waals surface area contributed by atoms with Crippen molar-refractivity contribution in [2.75, 3.05) is 36.1 Å². The summed E-state index contributed by atoms with van der Waals surface area (Å²) in [6, 6.07) is 26.9. The number of likely N-dealkylation sites (tertiary alicyclic amines) is 1. The molecule has 1 saturated carbocycles. The third-order valence-corrected chi connectivity index (χ3v) is 21.0. The summed E-state index contributed by atoms with van der Waals surface area (Å²) in [6.45, 7) is 13.5. The number of imidazole rings is 1. The first-order valence-electron chi connectivity index (χ1n) is 36.9. The molecule has 7 N–H and O–H groups in total. The topological polar surface area (TPSA) is 393 Å². The van der Waals surface area contributed by atoms with Crippen LogP contribution in [0.25, 0.3) is 102 Å². The van der Waals surface area contributed by atoms with Crippen LogP contribution >= 0.6 is 57.6 Å². The number of methoxy groups -OCH3 is 1. The van der Waals surface area contributed by atoms with Gasteiger partial charge in [0.2, 0.25) is 11.8 Å². The SMILES string of the molecule is CC(=O)Nc1cc(-n2cc(-c3ncn[nH]3)c(-c3ccccc3SC(F)(F)F)n2)c(C)cn1.CC(=O)Nc1cc(-n2cc(-c3ncn[nH]3)c(I)n2)c(C)cn1.COC(=O)Nc1cc(-n2cc(-c3ncn[nH]3)c(-c3cc(CN4CCCC4)ccc3Cl)n2)c(C)cn1.Cc1cnc(CC(=O)C2CC2)cc1-n1cc(-c2ncc[nH]2)c(-c2ccccc2Cl)n1. The number of thioether (sulfide) groups is 1. The number of aryl methyl sites for hydroxylation is 4. The molecule has 1 saturated heterocycles. The van der Waals surface area contributed by atoms with Crippen molar-refractivity contribution in [1.29, 1.82) is 0 Å². The maximum Gasteiger partial charge on any atom is 0.446 e. The number of nitrogens with zero attached hydrogens (tertiary/aromatic N) is 20. The minimum absolute atomic E-state index is 0.0106. The van der Waals surface area contributed by atoms with Gasteiger partial charge in [-0.1, -0.05) is 65.7 Å². The third kappa shape index (κ3) is 20.2. The monoisotopic (exact) mass is 1780 g/mol. The van der Waals surface area contributed by atoms with Gasteiger partial charge in [0.25, 0.3) is 0 Å². The Hall–Kier alpha value is -13.0. The number of Topliss-reactive ketones (excluding diaryl/α,β-unsaturated/α-hetero) is 1. The van der Waals surface area contributed by atoms with Crippen molar-refractivity contribution in [2.24, 2.45) is 5.92 Å². The number of nitrogens with one attached hydrogen (secondary N) is 7. The molecule has 0 unspecified atom stereocenters. The van der Waals surface area contributed by atoms with E-state index in [1.807, 2.05) is 87.4 Å². The van der Waals surface area contributed by atoms with Crippen LogP contribution in [0.15, 0.2) is 177 Å². The van der Waals surface area contributed by atoms with E-state index in [0.717, 1.165) is 115 Å². The van der Waals surface area contributed by atoms with Crippen molar-refractivity contribution >= 4 is 98.7 Å². The van der Waals surface area contributed by atoms with Gasteiger partial charge in [0.15, 0.2) is 17.5 Å². The summed E-state index contributed by atoms with van der Waals surface area (Å²) in [5.41, 5.74) is 10.6. The summed E-state index contributed by atoms with van der Waals surface area (Å²) in [4.78, 5) is 86.2. The van der Waals surface area contributed by atoms with Crippen LogP contribution in [0.2, 0.25) is 10.0 Å². The molecule has 0 atom stereocenters. The molecular formula is C80H73Cl2F3IN27O5S. The molecule has 2 fully saturated rings. The number of carbonyl (C=O) groups excluding carboxylic acids is 4. The number of ether oxygens (including phenoxy) is 1. The van der Waals surface area contributed by atoms with Crippen molar-refractivity contribution < 1.29 is 37.1 Å². The largest absolute Gasteiger partial charge is 0.453 e. The maximum atomic E-state index is 13.2. The fourth-order valence-electron chi connectivity index (χ4n) is 12.9. The summed E-state index contributed by atoms with van der Waals surface area (Å²) in [6.07, 6.45) is 26.0. The molecule has 0 spiro atoms. The number of pyridine rings is 4. The van der Waals surface area contributed by atoms with Crippen molar-refractivity contribution in [2.45, 2.75) is 90.6 Å². The first kappa shape index (κ1) is 82.5. The number of hydrogen-bond donors (Lipinski definition) is 7. The quantitative estimate of drug-likeness (QED) is 0.0275. The van der Waals surface area contributed by atoms with Crippen LogP contribution in [-0.4, -0.2) is 169 Å². The highest BCUT2D eigenvalue weighted by molar-refractivity contribution is 14.1. The molecule has 13 heterocycles. The number of aromatic amines is 4. The van der Waals surface area contributed by atoms with Crippen molar-refractivity contribution in [1.82, 2.24) is 119 Å². The summed E-state index contributed by atoms with van der Waals surface area (Å²) in [7, 11) is 1.30.